The molecule has 7 heteroatoms. The summed E-state index contributed by atoms with van der Waals surface area (Å²) in [6.45, 7) is 0.258. The summed E-state index contributed by atoms with van der Waals surface area (Å²) in [5.74, 6) is 0. The van der Waals surface area contributed by atoms with Crippen LogP contribution < -0.4 is 4.31 Å². The van der Waals surface area contributed by atoms with Crippen LogP contribution in [0.2, 0.25) is 0 Å². The van der Waals surface area contributed by atoms with Gasteiger partial charge in [-0.1, -0.05) is 0 Å². The number of nitrogens with zero attached hydrogens (tertiary/aromatic N) is 4. The molecule has 0 unspecified atom stereocenters. The van der Waals surface area contributed by atoms with Crippen molar-refractivity contribution >= 4 is 22.1 Å². The Bertz CT molecular complexity index is 427. The van der Waals surface area contributed by atoms with Crippen LogP contribution in [0.25, 0.3) is 0 Å². The molecular weight excluding hydrogens is 192 g/mol. The summed E-state index contributed by atoms with van der Waals surface area (Å²) < 4.78 is 27.0. The highest BCUT2D eigenvalue weighted by atomic mass is 32.2. The summed E-state index contributed by atoms with van der Waals surface area (Å²) in [6, 6.07) is 1.57. The molecule has 0 saturated carbocycles. The Kier molecular flexibility index (Phi) is 1.73. The van der Waals surface area contributed by atoms with Crippen LogP contribution in [0.15, 0.2) is 22.9 Å². The molecule has 1 aromatic heterocycles. The van der Waals surface area contributed by atoms with Gasteiger partial charge in [0.1, 0.15) is 0 Å². The van der Waals surface area contributed by atoms with Gasteiger partial charge in [-0.3, -0.25) is 0 Å². The number of hydrogen-bond acceptors (Lipinski definition) is 4. The monoisotopic (exact) mass is 198 g/mol. The van der Waals surface area contributed by atoms with Crippen molar-refractivity contribution in [3.63, 3.8) is 0 Å². The quantitative estimate of drug-likeness (QED) is 0.616. The van der Waals surface area contributed by atoms with Crippen LogP contribution in [0.3, 0.4) is 0 Å². The van der Waals surface area contributed by atoms with Crippen molar-refractivity contribution in [2.45, 2.75) is 0 Å². The highest BCUT2D eigenvalue weighted by Gasteiger charge is 2.24. The number of hydrogen-bond donors (Lipinski definition) is 0. The molecule has 0 aromatic carbocycles. The Morgan fingerprint density at radius 2 is 2.23 bits per heavy atom. The van der Waals surface area contributed by atoms with Crippen molar-refractivity contribution < 1.29 is 8.42 Å². The minimum absolute atomic E-state index is 0.258. The van der Waals surface area contributed by atoms with Crippen molar-refractivity contribution in [3.8, 4) is 0 Å². The highest BCUT2D eigenvalue weighted by Crippen LogP contribution is 2.18. The Hall–Kier alpha value is -1.50. The van der Waals surface area contributed by atoms with E-state index < -0.39 is 10.2 Å². The normalized spacial score (nSPS) is 19.2. The summed E-state index contributed by atoms with van der Waals surface area (Å²) in [5.41, 5.74) is 0.479. The molecule has 0 N–H and O–H groups in total. The van der Waals surface area contributed by atoms with Gasteiger partial charge in [0.25, 0.3) is 0 Å². The Labute approximate surface area is 75.1 Å². The van der Waals surface area contributed by atoms with Crippen molar-refractivity contribution in [3.05, 3.63) is 18.5 Å². The van der Waals surface area contributed by atoms with Crippen molar-refractivity contribution in [2.24, 2.45) is 4.40 Å². The van der Waals surface area contributed by atoms with Crippen molar-refractivity contribution in [1.29, 1.82) is 0 Å². The Morgan fingerprint density at radius 3 is 2.77 bits per heavy atom. The minimum atomic E-state index is -3.51. The van der Waals surface area contributed by atoms with Gasteiger partial charge in [-0.15, -0.1) is 0 Å². The third-order valence-corrected chi connectivity index (χ3v) is 2.92. The molecule has 0 radical (unpaired) electrons. The molecule has 2 rings (SSSR count). The second-order valence-corrected chi connectivity index (χ2v) is 3.94. The van der Waals surface area contributed by atoms with E-state index in [1.54, 1.807) is 6.07 Å². The van der Waals surface area contributed by atoms with E-state index in [4.69, 9.17) is 0 Å². The molecule has 1 aliphatic rings. The molecule has 2 heterocycles. The molecule has 0 atom stereocenters. The van der Waals surface area contributed by atoms with Gasteiger partial charge in [0, 0.05) is 6.21 Å². The van der Waals surface area contributed by atoms with E-state index in [0.717, 1.165) is 4.31 Å². The van der Waals surface area contributed by atoms with E-state index in [2.05, 4.69) is 14.6 Å². The zero-order chi connectivity index (χ0) is 9.31. The van der Waals surface area contributed by atoms with E-state index >= 15 is 0 Å². The van der Waals surface area contributed by atoms with Crippen LogP contribution >= 0.6 is 0 Å². The van der Waals surface area contributed by atoms with Gasteiger partial charge in [-0.05, 0) is 6.07 Å². The lowest BCUT2D eigenvalue weighted by atomic mass is 10.5. The lowest BCUT2D eigenvalue weighted by Crippen LogP contribution is -2.25. The van der Waals surface area contributed by atoms with Gasteiger partial charge >= 0.3 is 10.2 Å². The first kappa shape index (κ1) is 8.11. The Morgan fingerprint density at radius 1 is 1.38 bits per heavy atom. The molecule has 1 aromatic rings. The SMILES string of the molecule is O=S1(=O)N=CCN1c1ccnnc1. The summed E-state index contributed by atoms with van der Waals surface area (Å²) in [5, 5.41) is 7.14. The maximum atomic E-state index is 11.2. The van der Waals surface area contributed by atoms with E-state index in [9.17, 15) is 8.42 Å². The zero-order valence-corrected chi connectivity index (χ0v) is 7.35. The second kappa shape index (κ2) is 2.77. The van der Waals surface area contributed by atoms with E-state index in [1.165, 1.54) is 18.6 Å². The largest absolute Gasteiger partial charge is 0.344 e. The third-order valence-electron chi connectivity index (χ3n) is 1.59. The molecule has 0 spiro atoms. The molecule has 0 bridgehead atoms. The molecule has 68 valence electrons. The molecular formula is C6H6N4O2S. The van der Waals surface area contributed by atoms with E-state index in [0.29, 0.717) is 5.69 Å². The number of aromatic nitrogens is 2. The van der Waals surface area contributed by atoms with Crippen LogP contribution in [0.1, 0.15) is 0 Å². The topological polar surface area (TPSA) is 75.5 Å². The maximum absolute atomic E-state index is 11.2. The van der Waals surface area contributed by atoms with Crippen LogP contribution in [-0.2, 0) is 10.2 Å². The van der Waals surface area contributed by atoms with Crippen LogP contribution in [0, 0.1) is 0 Å². The predicted molar refractivity (Wildman–Crippen MR) is 46.8 cm³/mol. The number of rotatable bonds is 1. The van der Waals surface area contributed by atoms with Crippen LogP contribution in [0.4, 0.5) is 5.69 Å². The molecule has 1 aliphatic heterocycles. The standard InChI is InChI=1S/C6H6N4O2S/c11-13(12)9-3-4-10(13)6-1-2-7-8-5-6/h1-3,5H,4H2. The van der Waals surface area contributed by atoms with Gasteiger partial charge in [-0.2, -0.15) is 23.0 Å². The Balaban J connectivity index is 2.41. The summed E-state index contributed by atoms with van der Waals surface area (Å²) in [7, 11) is -3.51. The first-order valence-electron chi connectivity index (χ1n) is 3.53. The average Bonchev–Trinajstić information content (AvgIpc) is 2.47. The first-order chi connectivity index (χ1) is 6.20. The molecule has 0 amide bonds. The molecule has 0 saturated heterocycles. The third kappa shape index (κ3) is 1.37. The van der Waals surface area contributed by atoms with Gasteiger partial charge in [-0.25, -0.2) is 4.31 Å². The molecule has 0 aliphatic carbocycles. The predicted octanol–water partition coefficient (Wildman–Crippen LogP) is -0.388. The maximum Gasteiger partial charge on any atom is 0.344 e. The smallest absolute Gasteiger partial charge is 0.245 e. The van der Waals surface area contributed by atoms with Crippen LogP contribution in [-0.4, -0.2) is 31.4 Å². The summed E-state index contributed by atoms with van der Waals surface area (Å²) >= 11 is 0. The summed E-state index contributed by atoms with van der Waals surface area (Å²) in [6.07, 6.45) is 4.16. The zero-order valence-electron chi connectivity index (χ0n) is 6.53. The lowest BCUT2D eigenvalue weighted by Gasteiger charge is -2.13. The van der Waals surface area contributed by atoms with Crippen molar-refractivity contribution in [1.82, 2.24) is 10.2 Å². The minimum Gasteiger partial charge on any atom is -0.245 e. The average molecular weight is 198 g/mol. The molecule has 0 fully saturated rings. The fraction of sp³-hybridized carbons (Fsp3) is 0.167. The van der Waals surface area contributed by atoms with Crippen molar-refractivity contribution in [2.75, 3.05) is 10.8 Å². The second-order valence-electron chi connectivity index (χ2n) is 2.40. The summed E-state index contributed by atoms with van der Waals surface area (Å²) in [4.78, 5) is 0. The van der Waals surface area contributed by atoms with Gasteiger partial charge in [0.2, 0.25) is 0 Å². The highest BCUT2D eigenvalue weighted by molar-refractivity contribution is 7.92. The fourth-order valence-electron chi connectivity index (χ4n) is 1.02. The van der Waals surface area contributed by atoms with Crippen LogP contribution in [0.5, 0.6) is 0 Å². The van der Waals surface area contributed by atoms with E-state index in [1.807, 2.05) is 0 Å². The van der Waals surface area contributed by atoms with Gasteiger partial charge < -0.3 is 0 Å². The number of anilines is 1. The molecule has 6 nitrogen and oxygen atoms in total. The first-order valence-corrected chi connectivity index (χ1v) is 4.93. The molecule has 13 heavy (non-hydrogen) atoms. The van der Waals surface area contributed by atoms with Gasteiger partial charge in [0.05, 0.1) is 24.6 Å². The lowest BCUT2D eigenvalue weighted by molar-refractivity contribution is 0.597. The van der Waals surface area contributed by atoms with E-state index in [-0.39, 0.29) is 6.54 Å². The fourth-order valence-corrected chi connectivity index (χ4v) is 2.02. The van der Waals surface area contributed by atoms with Gasteiger partial charge in [0.15, 0.2) is 0 Å².